The average molecular weight is 341 g/mol. The molecule has 5 nitrogen and oxygen atoms in total. The van der Waals surface area contributed by atoms with E-state index >= 15 is 0 Å². The van der Waals surface area contributed by atoms with Crippen molar-refractivity contribution in [3.63, 3.8) is 0 Å². The summed E-state index contributed by atoms with van der Waals surface area (Å²) in [5, 5.41) is 10.6. The van der Waals surface area contributed by atoms with Crippen LogP contribution in [0, 0.1) is 0 Å². The Kier molecular flexibility index (Phi) is 7.65. The van der Waals surface area contributed by atoms with Gasteiger partial charge in [-0.1, -0.05) is 50.3 Å². The number of aliphatic hydroxyl groups is 1. The Labute approximate surface area is 138 Å². The summed E-state index contributed by atoms with van der Waals surface area (Å²) >= 11 is 0. The highest BCUT2D eigenvalue weighted by Crippen LogP contribution is 2.40. The SMILES string of the molecule is C=CCN(Cc1ccccc1)C(CC)(CC)C(O)CP(=O)(O)O. The molecular weight excluding hydrogens is 313 g/mol. The molecule has 1 aromatic rings. The van der Waals surface area contributed by atoms with Crippen molar-refractivity contribution in [3.05, 3.63) is 48.6 Å². The lowest BCUT2D eigenvalue weighted by molar-refractivity contribution is -0.0287. The van der Waals surface area contributed by atoms with Crippen LogP contribution in [-0.2, 0) is 11.1 Å². The lowest BCUT2D eigenvalue weighted by Gasteiger charge is -2.46. The highest BCUT2D eigenvalue weighted by atomic mass is 31.2. The van der Waals surface area contributed by atoms with Crippen LogP contribution in [0.5, 0.6) is 0 Å². The van der Waals surface area contributed by atoms with Crippen molar-refractivity contribution < 1.29 is 19.5 Å². The van der Waals surface area contributed by atoms with E-state index in [1.165, 1.54) is 0 Å². The molecule has 0 aromatic heterocycles. The monoisotopic (exact) mass is 341 g/mol. The normalized spacial score (nSPS) is 14.0. The minimum absolute atomic E-state index is 0.531. The second-order valence-corrected chi connectivity index (χ2v) is 7.52. The van der Waals surface area contributed by atoms with E-state index in [0.717, 1.165) is 5.56 Å². The summed E-state index contributed by atoms with van der Waals surface area (Å²) in [6, 6.07) is 9.85. The van der Waals surface area contributed by atoms with Gasteiger partial charge in [-0.15, -0.1) is 6.58 Å². The topological polar surface area (TPSA) is 81.0 Å². The van der Waals surface area contributed by atoms with Crippen LogP contribution in [0.15, 0.2) is 43.0 Å². The van der Waals surface area contributed by atoms with Crippen LogP contribution in [0.2, 0.25) is 0 Å². The van der Waals surface area contributed by atoms with Gasteiger partial charge in [-0.05, 0) is 18.4 Å². The minimum atomic E-state index is -4.29. The molecule has 0 spiro atoms. The fourth-order valence-electron chi connectivity index (χ4n) is 3.14. The zero-order chi connectivity index (χ0) is 17.5. The Morgan fingerprint density at radius 1 is 1.26 bits per heavy atom. The van der Waals surface area contributed by atoms with Crippen molar-refractivity contribution >= 4 is 7.60 Å². The molecule has 6 heteroatoms. The van der Waals surface area contributed by atoms with Crippen LogP contribution in [0.1, 0.15) is 32.3 Å². The molecule has 0 aliphatic carbocycles. The van der Waals surface area contributed by atoms with Gasteiger partial charge < -0.3 is 14.9 Å². The third kappa shape index (κ3) is 5.55. The molecule has 0 aliphatic heterocycles. The van der Waals surface area contributed by atoms with E-state index in [0.29, 0.717) is 25.9 Å². The zero-order valence-corrected chi connectivity index (χ0v) is 14.8. The molecule has 1 rings (SSSR count). The first-order chi connectivity index (χ1) is 10.8. The van der Waals surface area contributed by atoms with E-state index < -0.39 is 25.4 Å². The van der Waals surface area contributed by atoms with Crippen molar-refractivity contribution in [3.8, 4) is 0 Å². The standard InChI is InChI=1S/C17H28NO4P/c1-4-12-18(13-15-10-8-7-9-11-15)17(5-2,6-3)16(19)14-23(20,21)22/h4,7-11,16,19H,1,5-6,12-14H2,2-3H3,(H2,20,21,22). The van der Waals surface area contributed by atoms with Crippen molar-refractivity contribution in [1.29, 1.82) is 0 Å². The van der Waals surface area contributed by atoms with Crippen LogP contribution >= 0.6 is 7.60 Å². The molecule has 0 fully saturated rings. The van der Waals surface area contributed by atoms with Gasteiger partial charge in [-0.2, -0.15) is 0 Å². The second kappa shape index (κ2) is 8.76. The molecule has 1 atom stereocenters. The van der Waals surface area contributed by atoms with E-state index in [1.807, 2.05) is 44.2 Å². The number of aliphatic hydroxyl groups excluding tert-OH is 1. The first kappa shape index (κ1) is 20.1. The first-order valence-electron chi connectivity index (χ1n) is 7.91. The van der Waals surface area contributed by atoms with Crippen molar-refractivity contribution in [2.75, 3.05) is 12.7 Å². The van der Waals surface area contributed by atoms with Gasteiger partial charge in [0.25, 0.3) is 0 Å². The Balaban J connectivity index is 3.13. The summed E-state index contributed by atoms with van der Waals surface area (Å²) < 4.78 is 11.4. The number of hydrogen-bond donors (Lipinski definition) is 3. The molecule has 0 bridgehead atoms. The number of benzene rings is 1. The summed E-state index contributed by atoms with van der Waals surface area (Å²) in [5.41, 5.74) is 0.384. The van der Waals surface area contributed by atoms with Gasteiger partial charge in [0.2, 0.25) is 0 Å². The van der Waals surface area contributed by atoms with Crippen LogP contribution in [0.3, 0.4) is 0 Å². The first-order valence-corrected chi connectivity index (χ1v) is 9.71. The van der Waals surface area contributed by atoms with E-state index in [4.69, 9.17) is 0 Å². The van der Waals surface area contributed by atoms with E-state index in [1.54, 1.807) is 6.08 Å². The molecule has 0 saturated carbocycles. The maximum absolute atomic E-state index is 11.4. The molecule has 0 heterocycles. The number of nitrogens with zero attached hydrogens (tertiary/aromatic N) is 1. The van der Waals surface area contributed by atoms with Gasteiger partial charge in [0.05, 0.1) is 12.3 Å². The molecule has 0 amide bonds. The summed E-state index contributed by atoms with van der Waals surface area (Å²) in [6.07, 6.45) is 1.29. The van der Waals surface area contributed by atoms with Gasteiger partial charge in [0.15, 0.2) is 0 Å². The second-order valence-electron chi connectivity index (χ2n) is 5.83. The van der Waals surface area contributed by atoms with Crippen LogP contribution in [0.25, 0.3) is 0 Å². The molecule has 1 aromatic carbocycles. The zero-order valence-electron chi connectivity index (χ0n) is 13.9. The fraction of sp³-hybridized carbons (Fsp3) is 0.529. The fourth-order valence-corrected chi connectivity index (χ4v) is 3.93. The Bertz CT molecular complexity index is 525. The summed E-state index contributed by atoms with van der Waals surface area (Å²) in [5.74, 6) is 0. The molecule has 0 aliphatic rings. The third-order valence-corrected chi connectivity index (χ3v) is 5.27. The van der Waals surface area contributed by atoms with Gasteiger partial charge >= 0.3 is 7.60 Å². The average Bonchev–Trinajstić information content (AvgIpc) is 2.48. The Hall–Kier alpha value is -0.970. The summed E-state index contributed by atoms with van der Waals surface area (Å²) in [4.78, 5) is 20.6. The quantitative estimate of drug-likeness (QED) is 0.450. The molecule has 0 radical (unpaired) electrons. The lowest BCUT2D eigenvalue weighted by atomic mass is 9.84. The number of rotatable bonds is 10. The highest BCUT2D eigenvalue weighted by Gasteiger charge is 2.42. The molecule has 23 heavy (non-hydrogen) atoms. The summed E-state index contributed by atoms with van der Waals surface area (Å²) in [7, 11) is -4.29. The van der Waals surface area contributed by atoms with Crippen LogP contribution in [0.4, 0.5) is 0 Å². The van der Waals surface area contributed by atoms with Gasteiger partial charge in [0, 0.05) is 18.6 Å². The maximum atomic E-state index is 11.4. The van der Waals surface area contributed by atoms with Crippen molar-refractivity contribution in [2.24, 2.45) is 0 Å². The molecule has 1 unspecified atom stereocenters. The van der Waals surface area contributed by atoms with E-state index in [-0.39, 0.29) is 0 Å². The minimum Gasteiger partial charge on any atom is -0.391 e. The molecule has 3 N–H and O–H groups in total. The van der Waals surface area contributed by atoms with Gasteiger partial charge in [-0.3, -0.25) is 9.46 Å². The Morgan fingerprint density at radius 2 is 1.83 bits per heavy atom. The maximum Gasteiger partial charge on any atom is 0.328 e. The van der Waals surface area contributed by atoms with Gasteiger partial charge in [-0.25, -0.2) is 0 Å². The van der Waals surface area contributed by atoms with Crippen LogP contribution < -0.4 is 0 Å². The van der Waals surface area contributed by atoms with Crippen molar-refractivity contribution in [1.82, 2.24) is 4.90 Å². The smallest absolute Gasteiger partial charge is 0.328 e. The molecular formula is C17H28NO4P. The van der Waals surface area contributed by atoms with E-state index in [2.05, 4.69) is 11.5 Å². The largest absolute Gasteiger partial charge is 0.391 e. The van der Waals surface area contributed by atoms with Gasteiger partial charge in [0.1, 0.15) is 0 Å². The molecule has 130 valence electrons. The van der Waals surface area contributed by atoms with Crippen molar-refractivity contribution in [2.45, 2.75) is 44.9 Å². The van der Waals surface area contributed by atoms with Crippen LogP contribution in [-0.4, -0.2) is 44.1 Å². The summed E-state index contributed by atoms with van der Waals surface area (Å²) in [6.45, 7) is 8.78. The highest BCUT2D eigenvalue weighted by molar-refractivity contribution is 7.51. The third-order valence-electron chi connectivity index (χ3n) is 4.45. The molecule has 0 saturated heterocycles. The predicted octanol–water partition coefficient (Wildman–Crippen LogP) is 2.77. The predicted molar refractivity (Wildman–Crippen MR) is 93.3 cm³/mol. The number of hydrogen-bond acceptors (Lipinski definition) is 3. The lowest BCUT2D eigenvalue weighted by Crippen LogP contribution is -2.57. The Morgan fingerprint density at radius 3 is 2.26 bits per heavy atom. The van der Waals surface area contributed by atoms with E-state index in [9.17, 15) is 19.5 Å².